The predicted octanol–water partition coefficient (Wildman–Crippen LogP) is 3.98. The van der Waals surface area contributed by atoms with Crippen molar-refractivity contribution in [1.82, 2.24) is 0 Å². The molecule has 0 aromatic heterocycles. The van der Waals surface area contributed by atoms with Gasteiger partial charge >= 0.3 is 11.9 Å². The fraction of sp³-hybridized carbons (Fsp3) is 0.227. The van der Waals surface area contributed by atoms with Crippen LogP contribution >= 0.6 is 11.6 Å². The summed E-state index contributed by atoms with van der Waals surface area (Å²) in [7, 11) is 0. The number of halogens is 1. The third kappa shape index (κ3) is 4.66. The number of ether oxygens (including phenoxy) is 2. The normalized spacial score (nSPS) is 12.8. The lowest BCUT2D eigenvalue weighted by molar-refractivity contribution is -0.146. The minimum absolute atomic E-state index is 0.0729. The lowest BCUT2D eigenvalue weighted by Crippen LogP contribution is -2.23. The van der Waals surface area contributed by atoms with Gasteiger partial charge in [0.05, 0.1) is 31.2 Å². The Labute approximate surface area is 174 Å². The Kier molecular flexibility index (Phi) is 6.67. The number of anilines is 1. The largest absolute Gasteiger partial charge is 0.462 e. The third-order valence-corrected chi connectivity index (χ3v) is 4.46. The van der Waals surface area contributed by atoms with Gasteiger partial charge in [0.1, 0.15) is 0 Å². The Bertz CT molecular complexity index is 964. The standard InChI is InChI=1S/C22H21ClN2O4/c1-3-28-21(26)19(22(27)29-4-2)18-13-24-20(14-8-6-5-7-9-14)16-12-15(23)10-11-17(16)25-18/h5-12,25H,3-4,13H2,1-2H3. The van der Waals surface area contributed by atoms with Crippen molar-refractivity contribution in [2.24, 2.45) is 4.99 Å². The predicted molar refractivity (Wildman–Crippen MR) is 112 cm³/mol. The Hall–Kier alpha value is -3.12. The molecule has 6 nitrogen and oxygen atoms in total. The Morgan fingerprint density at radius 3 is 2.31 bits per heavy atom. The summed E-state index contributed by atoms with van der Waals surface area (Å²) in [6.45, 7) is 3.70. The number of benzene rings is 2. The number of esters is 2. The molecule has 1 aliphatic rings. The van der Waals surface area contributed by atoms with Crippen LogP contribution in [0.3, 0.4) is 0 Å². The molecule has 150 valence electrons. The van der Waals surface area contributed by atoms with Crippen molar-refractivity contribution in [3.63, 3.8) is 0 Å². The zero-order valence-corrected chi connectivity index (χ0v) is 17.0. The van der Waals surface area contributed by atoms with E-state index in [9.17, 15) is 9.59 Å². The minimum atomic E-state index is -0.748. The molecule has 0 atom stereocenters. The lowest BCUT2D eigenvalue weighted by Gasteiger charge is -2.14. The van der Waals surface area contributed by atoms with Crippen molar-refractivity contribution in [3.05, 3.63) is 76.0 Å². The molecule has 0 saturated carbocycles. The number of hydrogen-bond donors (Lipinski definition) is 1. The number of benzodiazepines with no additional fused rings is 1. The molecule has 2 aromatic carbocycles. The van der Waals surface area contributed by atoms with Crippen LogP contribution in [-0.4, -0.2) is 37.4 Å². The van der Waals surface area contributed by atoms with Crippen LogP contribution in [0, 0.1) is 0 Å². The fourth-order valence-electron chi connectivity index (χ4n) is 2.99. The molecule has 0 aliphatic carbocycles. The molecule has 0 unspecified atom stereocenters. The number of nitrogens with zero attached hydrogens (tertiary/aromatic N) is 1. The van der Waals surface area contributed by atoms with Crippen molar-refractivity contribution in [3.8, 4) is 0 Å². The number of carbonyl (C=O) groups is 2. The van der Waals surface area contributed by atoms with E-state index in [0.717, 1.165) is 11.1 Å². The molecular weight excluding hydrogens is 392 g/mol. The number of hydrogen-bond acceptors (Lipinski definition) is 6. The molecule has 7 heteroatoms. The van der Waals surface area contributed by atoms with Gasteiger partial charge in [-0.25, -0.2) is 9.59 Å². The summed E-state index contributed by atoms with van der Waals surface area (Å²) >= 11 is 6.22. The van der Waals surface area contributed by atoms with E-state index in [0.29, 0.717) is 22.1 Å². The molecule has 0 fully saturated rings. The van der Waals surface area contributed by atoms with Gasteiger partial charge in [-0.15, -0.1) is 0 Å². The third-order valence-electron chi connectivity index (χ3n) is 4.23. The summed E-state index contributed by atoms with van der Waals surface area (Å²) in [5, 5.41) is 3.72. The van der Waals surface area contributed by atoms with Gasteiger partial charge in [-0.1, -0.05) is 41.9 Å². The molecule has 2 aromatic rings. The van der Waals surface area contributed by atoms with Gasteiger partial charge in [0.2, 0.25) is 0 Å². The van der Waals surface area contributed by atoms with Gasteiger partial charge in [0.25, 0.3) is 0 Å². The van der Waals surface area contributed by atoms with Crippen LogP contribution < -0.4 is 5.32 Å². The minimum Gasteiger partial charge on any atom is -0.462 e. The van der Waals surface area contributed by atoms with Crippen LogP contribution in [0.25, 0.3) is 0 Å². The van der Waals surface area contributed by atoms with Crippen molar-refractivity contribution < 1.29 is 19.1 Å². The summed E-state index contributed by atoms with van der Waals surface area (Å²) in [5.41, 5.74) is 3.18. The van der Waals surface area contributed by atoms with E-state index >= 15 is 0 Å². The highest BCUT2D eigenvalue weighted by molar-refractivity contribution is 6.31. The Balaban J connectivity index is 2.17. The van der Waals surface area contributed by atoms with E-state index in [1.165, 1.54) is 0 Å². The van der Waals surface area contributed by atoms with E-state index in [2.05, 4.69) is 10.3 Å². The molecule has 0 bridgehead atoms. The van der Waals surface area contributed by atoms with Crippen LogP contribution in [0.1, 0.15) is 25.0 Å². The first-order chi connectivity index (χ1) is 14.0. The molecule has 1 heterocycles. The Morgan fingerprint density at radius 2 is 1.69 bits per heavy atom. The highest BCUT2D eigenvalue weighted by Gasteiger charge is 2.28. The fourth-order valence-corrected chi connectivity index (χ4v) is 3.16. The zero-order valence-electron chi connectivity index (χ0n) is 16.2. The van der Waals surface area contributed by atoms with Crippen LogP contribution in [0.4, 0.5) is 5.69 Å². The molecular formula is C22H21ClN2O4. The van der Waals surface area contributed by atoms with Crippen LogP contribution in [0.15, 0.2) is 64.8 Å². The van der Waals surface area contributed by atoms with E-state index in [-0.39, 0.29) is 25.3 Å². The van der Waals surface area contributed by atoms with Crippen molar-refractivity contribution in [2.45, 2.75) is 13.8 Å². The van der Waals surface area contributed by atoms with Gasteiger partial charge in [-0.3, -0.25) is 4.99 Å². The molecule has 29 heavy (non-hydrogen) atoms. The van der Waals surface area contributed by atoms with Gasteiger partial charge in [0, 0.05) is 21.8 Å². The number of rotatable bonds is 5. The van der Waals surface area contributed by atoms with Crippen LogP contribution in [-0.2, 0) is 19.1 Å². The lowest BCUT2D eigenvalue weighted by atomic mass is 10.0. The molecule has 1 N–H and O–H groups in total. The van der Waals surface area contributed by atoms with E-state index in [1.807, 2.05) is 30.3 Å². The van der Waals surface area contributed by atoms with E-state index in [1.54, 1.807) is 32.0 Å². The van der Waals surface area contributed by atoms with Gasteiger partial charge in [-0.2, -0.15) is 0 Å². The number of nitrogens with one attached hydrogen (secondary N) is 1. The maximum Gasteiger partial charge on any atom is 0.347 e. The average molecular weight is 413 g/mol. The molecule has 0 amide bonds. The van der Waals surface area contributed by atoms with Crippen LogP contribution in [0.2, 0.25) is 5.02 Å². The summed E-state index contributed by atoms with van der Waals surface area (Å²) in [6, 6.07) is 14.9. The van der Waals surface area contributed by atoms with Gasteiger partial charge < -0.3 is 14.8 Å². The average Bonchev–Trinajstić information content (AvgIpc) is 2.88. The first-order valence-corrected chi connectivity index (χ1v) is 9.67. The van der Waals surface area contributed by atoms with Crippen molar-refractivity contribution in [2.75, 3.05) is 25.1 Å². The summed E-state index contributed by atoms with van der Waals surface area (Å²) in [6.07, 6.45) is 0. The second kappa shape index (κ2) is 9.39. The summed E-state index contributed by atoms with van der Waals surface area (Å²) in [4.78, 5) is 29.7. The molecule has 3 rings (SSSR count). The van der Waals surface area contributed by atoms with E-state index in [4.69, 9.17) is 21.1 Å². The van der Waals surface area contributed by atoms with E-state index < -0.39 is 11.9 Å². The Morgan fingerprint density at radius 1 is 1.03 bits per heavy atom. The smallest absolute Gasteiger partial charge is 0.347 e. The first kappa shape index (κ1) is 20.6. The monoisotopic (exact) mass is 412 g/mol. The van der Waals surface area contributed by atoms with Gasteiger partial charge in [0.15, 0.2) is 5.57 Å². The molecule has 0 saturated heterocycles. The zero-order chi connectivity index (χ0) is 20.8. The molecule has 0 radical (unpaired) electrons. The quantitative estimate of drug-likeness (QED) is 0.348. The summed E-state index contributed by atoms with van der Waals surface area (Å²) < 4.78 is 10.2. The molecule has 0 spiro atoms. The van der Waals surface area contributed by atoms with Crippen LogP contribution in [0.5, 0.6) is 0 Å². The second-order valence-corrected chi connectivity index (χ2v) is 6.58. The van der Waals surface area contributed by atoms with Gasteiger partial charge in [-0.05, 0) is 32.0 Å². The molecule has 1 aliphatic heterocycles. The summed E-state index contributed by atoms with van der Waals surface area (Å²) in [5.74, 6) is -1.50. The second-order valence-electron chi connectivity index (χ2n) is 6.14. The van der Waals surface area contributed by atoms with Crippen molar-refractivity contribution in [1.29, 1.82) is 0 Å². The van der Waals surface area contributed by atoms with Crippen molar-refractivity contribution >= 4 is 34.9 Å². The SMILES string of the molecule is CCOC(=O)C(C(=O)OCC)=C1CN=C(c2ccccc2)c2cc(Cl)ccc2N1. The highest BCUT2D eigenvalue weighted by atomic mass is 35.5. The topological polar surface area (TPSA) is 77.0 Å². The number of carbonyl (C=O) groups excluding carboxylic acids is 2. The maximum absolute atomic E-state index is 12.5. The number of fused-ring (bicyclic) bond motifs is 1. The maximum atomic E-state index is 12.5. The highest BCUT2D eigenvalue weighted by Crippen LogP contribution is 2.29. The number of aliphatic imine (C=N–C) groups is 1. The first-order valence-electron chi connectivity index (χ1n) is 9.29.